The molecule has 0 spiro atoms. The molecule has 0 heterocycles. The lowest BCUT2D eigenvalue weighted by Crippen LogP contribution is -1.84. The molecule has 87 valence electrons. The number of rotatable bonds is 2. The Kier molecular flexibility index (Phi) is 2.78. The van der Waals surface area contributed by atoms with E-state index in [4.69, 9.17) is 4.74 Å². The topological polar surface area (TPSA) is 69.9 Å². The van der Waals surface area contributed by atoms with Gasteiger partial charge in [-0.15, -0.1) is 0 Å². The van der Waals surface area contributed by atoms with Crippen molar-refractivity contribution in [2.75, 3.05) is 7.11 Å². The van der Waals surface area contributed by atoms with Gasteiger partial charge in [0.1, 0.15) is 23.0 Å². The van der Waals surface area contributed by atoms with E-state index in [1.54, 1.807) is 25.3 Å². The molecule has 0 fully saturated rings. The Hall–Kier alpha value is -2.36. The van der Waals surface area contributed by atoms with E-state index in [0.717, 1.165) is 12.1 Å². The maximum Gasteiger partial charge on any atom is 0.130 e. The molecule has 0 aliphatic rings. The van der Waals surface area contributed by atoms with Crippen LogP contribution in [0.2, 0.25) is 0 Å². The predicted octanol–water partition coefficient (Wildman–Crippen LogP) is 2.28. The molecule has 1 radical (unpaired) electrons. The lowest BCUT2D eigenvalue weighted by molar-refractivity contribution is 0.414. The molecule has 2 aromatic rings. The number of phenols is 3. The molecule has 0 amide bonds. The molecule has 0 aromatic heterocycles. The van der Waals surface area contributed by atoms with Crippen molar-refractivity contribution in [1.82, 2.24) is 0 Å². The lowest BCUT2D eigenvalue weighted by atomic mass is 10.0. The van der Waals surface area contributed by atoms with E-state index in [-0.39, 0.29) is 22.8 Å². The van der Waals surface area contributed by atoms with Gasteiger partial charge in [0.05, 0.1) is 12.7 Å². The van der Waals surface area contributed by atoms with Gasteiger partial charge in [-0.25, -0.2) is 0 Å². The summed E-state index contributed by atoms with van der Waals surface area (Å²) in [4.78, 5) is 0. The minimum atomic E-state index is -0.205. The molecule has 0 aliphatic carbocycles. The second-order valence-corrected chi connectivity index (χ2v) is 3.50. The Bertz CT molecular complexity index is 509. The molecular formula is C13H11O4. The van der Waals surface area contributed by atoms with Gasteiger partial charge in [0.15, 0.2) is 0 Å². The predicted molar refractivity (Wildman–Crippen MR) is 62.3 cm³/mol. The van der Waals surface area contributed by atoms with Gasteiger partial charge in [0.25, 0.3) is 0 Å². The van der Waals surface area contributed by atoms with Crippen LogP contribution >= 0.6 is 0 Å². The molecule has 2 rings (SSSR count). The van der Waals surface area contributed by atoms with Crippen LogP contribution in [0.3, 0.4) is 0 Å². The molecule has 0 saturated heterocycles. The largest absolute Gasteiger partial charge is 0.508 e. The first-order chi connectivity index (χ1) is 8.11. The Morgan fingerprint density at radius 3 is 2.18 bits per heavy atom. The summed E-state index contributed by atoms with van der Waals surface area (Å²) in [5.74, 6) is 0.0246. The standard InChI is InChI=1S/C13H11O4/c1-17-10-4-2-8(3-5-10)13-11(15)6-9(14)7-12(13)16/h2,4-7,14-16H,1H3. The summed E-state index contributed by atoms with van der Waals surface area (Å²) in [6.07, 6.45) is 0. The number of hydrogen-bond donors (Lipinski definition) is 3. The van der Waals surface area contributed by atoms with E-state index < -0.39 is 0 Å². The highest BCUT2D eigenvalue weighted by molar-refractivity contribution is 5.77. The fraction of sp³-hybridized carbons (Fsp3) is 0.0769. The molecular weight excluding hydrogens is 220 g/mol. The third kappa shape index (κ3) is 2.10. The molecule has 0 atom stereocenters. The van der Waals surface area contributed by atoms with Gasteiger partial charge >= 0.3 is 0 Å². The molecule has 0 unspecified atom stereocenters. The summed E-state index contributed by atoms with van der Waals surface area (Å²) < 4.78 is 4.99. The van der Waals surface area contributed by atoms with Crippen molar-refractivity contribution in [3.05, 3.63) is 36.4 Å². The second-order valence-electron chi connectivity index (χ2n) is 3.50. The molecule has 3 N–H and O–H groups in total. The second kappa shape index (κ2) is 4.25. The van der Waals surface area contributed by atoms with Gasteiger partial charge in [-0.2, -0.15) is 0 Å². The number of benzene rings is 2. The first-order valence-electron chi connectivity index (χ1n) is 4.93. The summed E-state index contributed by atoms with van der Waals surface area (Å²) >= 11 is 0. The molecule has 4 nitrogen and oxygen atoms in total. The van der Waals surface area contributed by atoms with Crippen LogP contribution < -0.4 is 4.74 Å². The Labute approximate surface area is 98.3 Å². The zero-order valence-electron chi connectivity index (χ0n) is 9.14. The first kappa shape index (κ1) is 11.1. The smallest absolute Gasteiger partial charge is 0.130 e. The number of phenolic OH excluding ortho intramolecular Hbond substituents is 3. The molecule has 2 aromatic carbocycles. The SMILES string of the molecule is COc1c[c]c(-c2c(O)cc(O)cc2O)cc1. The van der Waals surface area contributed by atoms with E-state index in [1.165, 1.54) is 0 Å². The monoisotopic (exact) mass is 231 g/mol. The van der Waals surface area contributed by atoms with Crippen molar-refractivity contribution in [2.45, 2.75) is 0 Å². The summed E-state index contributed by atoms with van der Waals surface area (Å²) in [5.41, 5.74) is 0.742. The van der Waals surface area contributed by atoms with Gasteiger partial charge in [-0.1, -0.05) is 0 Å². The first-order valence-corrected chi connectivity index (χ1v) is 4.93. The van der Waals surface area contributed by atoms with E-state index >= 15 is 0 Å². The minimum Gasteiger partial charge on any atom is -0.508 e. The van der Waals surface area contributed by atoms with E-state index in [9.17, 15) is 15.3 Å². The maximum absolute atomic E-state index is 9.68. The van der Waals surface area contributed by atoms with Crippen LogP contribution in [-0.4, -0.2) is 22.4 Å². The van der Waals surface area contributed by atoms with Crippen molar-refractivity contribution in [3.8, 4) is 34.1 Å². The lowest BCUT2D eigenvalue weighted by Gasteiger charge is -2.08. The van der Waals surface area contributed by atoms with Crippen molar-refractivity contribution < 1.29 is 20.1 Å². The Morgan fingerprint density at radius 1 is 1.06 bits per heavy atom. The van der Waals surface area contributed by atoms with Crippen LogP contribution in [0.15, 0.2) is 30.3 Å². The van der Waals surface area contributed by atoms with Crippen LogP contribution in [0, 0.1) is 6.07 Å². The fourth-order valence-electron chi connectivity index (χ4n) is 1.57. The highest BCUT2D eigenvalue weighted by Gasteiger charge is 2.12. The van der Waals surface area contributed by atoms with E-state index in [1.807, 2.05) is 0 Å². The average Bonchev–Trinajstić information content (AvgIpc) is 2.28. The maximum atomic E-state index is 9.68. The molecule has 0 saturated carbocycles. The third-order valence-corrected chi connectivity index (χ3v) is 2.37. The Balaban J connectivity index is 2.52. The van der Waals surface area contributed by atoms with Crippen LogP contribution in [-0.2, 0) is 0 Å². The number of ether oxygens (including phenoxy) is 1. The van der Waals surface area contributed by atoms with Crippen LogP contribution in [0.5, 0.6) is 23.0 Å². The van der Waals surface area contributed by atoms with Crippen LogP contribution in [0.4, 0.5) is 0 Å². The fourth-order valence-corrected chi connectivity index (χ4v) is 1.57. The van der Waals surface area contributed by atoms with Gasteiger partial charge in [-0.05, 0) is 29.8 Å². The van der Waals surface area contributed by atoms with Crippen molar-refractivity contribution >= 4 is 0 Å². The zero-order chi connectivity index (χ0) is 12.4. The third-order valence-electron chi connectivity index (χ3n) is 2.37. The van der Waals surface area contributed by atoms with Gasteiger partial charge in [0.2, 0.25) is 0 Å². The summed E-state index contributed by atoms with van der Waals surface area (Å²) in [6.45, 7) is 0. The molecule has 17 heavy (non-hydrogen) atoms. The highest BCUT2D eigenvalue weighted by Crippen LogP contribution is 2.40. The molecule has 0 aliphatic heterocycles. The molecule has 4 heteroatoms. The van der Waals surface area contributed by atoms with Gasteiger partial charge in [0, 0.05) is 12.1 Å². The zero-order valence-corrected chi connectivity index (χ0v) is 9.14. The number of hydrogen-bond acceptors (Lipinski definition) is 4. The van der Waals surface area contributed by atoms with Crippen molar-refractivity contribution in [3.63, 3.8) is 0 Å². The summed E-state index contributed by atoms with van der Waals surface area (Å²) in [5, 5.41) is 28.6. The van der Waals surface area contributed by atoms with Crippen molar-refractivity contribution in [1.29, 1.82) is 0 Å². The van der Waals surface area contributed by atoms with E-state index in [2.05, 4.69) is 6.07 Å². The number of methoxy groups -OCH3 is 1. The van der Waals surface area contributed by atoms with Crippen LogP contribution in [0.25, 0.3) is 11.1 Å². The van der Waals surface area contributed by atoms with E-state index in [0.29, 0.717) is 11.3 Å². The summed E-state index contributed by atoms with van der Waals surface area (Å²) in [6, 6.07) is 10.1. The average molecular weight is 231 g/mol. The normalized spacial score (nSPS) is 10.2. The van der Waals surface area contributed by atoms with Crippen LogP contribution in [0.1, 0.15) is 0 Å². The molecule has 0 bridgehead atoms. The number of aromatic hydroxyl groups is 3. The highest BCUT2D eigenvalue weighted by atomic mass is 16.5. The van der Waals surface area contributed by atoms with Gasteiger partial charge < -0.3 is 20.1 Å². The quantitative estimate of drug-likeness (QED) is 0.741. The Morgan fingerprint density at radius 2 is 1.71 bits per heavy atom. The van der Waals surface area contributed by atoms with Gasteiger partial charge in [-0.3, -0.25) is 0 Å². The summed E-state index contributed by atoms with van der Waals surface area (Å²) in [7, 11) is 1.54. The van der Waals surface area contributed by atoms with Crippen molar-refractivity contribution in [2.24, 2.45) is 0 Å². The minimum absolute atomic E-state index is 0.197.